The summed E-state index contributed by atoms with van der Waals surface area (Å²) in [5, 5.41) is 9.12. The van der Waals surface area contributed by atoms with E-state index in [1.165, 1.54) is 12.6 Å². The van der Waals surface area contributed by atoms with E-state index < -0.39 is 17.2 Å². The molecular weight excluding hydrogens is 304 g/mol. The molecule has 1 heterocycles. The number of rotatable bonds is 5. The van der Waals surface area contributed by atoms with Crippen molar-refractivity contribution in [2.45, 2.75) is 0 Å². The number of carboxylic acid groups (broad SMARTS) is 1. The summed E-state index contributed by atoms with van der Waals surface area (Å²) in [6, 6.07) is 6.51. The highest BCUT2D eigenvalue weighted by Gasteiger charge is 2.26. The van der Waals surface area contributed by atoms with E-state index in [9.17, 15) is 13.6 Å². The van der Waals surface area contributed by atoms with Crippen molar-refractivity contribution in [1.82, 2.24) is 4.98 Å². The molecule has 0 saturated heterocycles. The smallest absolute Gasteiger partial charge is 0.357 e. The standard InChI is InChI=1S/C11H10N2O5S2/c1-18-8-5-3-2-4-7(8)13(20(16)17)10-9(11(14)15)12-6-19-10/h2-6H,1H3,(H,14,15)(H,16,17). The van der Waals surface area contributed by atoms with Crippen molar-refractivity contribution >= 4 is 39.3 Å². The summed E-state index contributed by atoms with van der Waals surface area (Å²) in [6.07, 6.45) is 0. The Hall–Kier alpha value is -1.97. The SMILES string of the molecule is COc1ccccc1N(c1scnc1C(=O)O)S(=O)O. The third kappa shape index (κ3) is 2.64. The number of para-hydroxylation sites is 2. The van der Waals surface area contributed by atoms with E-state index in [1.807, 2.05) is 0 Å². The Balaban J connectivity index is 2.60. The van der Waals surface area contributed by atoms with E-state index in [0.717, 1.165) is 15.6 Å². The van der Waals surface area contributed by atoms with Gasteiger partial charge in [-0.25, -0.2) is 18.3 Å². The summed E-state index contributed by atoms with van der Waals surface area (Å²) in [5.74, 6) is -0.925. The van der Waals surface area contributed by atoms with E-state index in [0.29, 0.717) is 5.75 Å². The zero-order valence-corrected chi connectivity index (χ0v) is 11.8. The summed E-state index contributed by atoms with van der Waals surface area (Å²) in [6.45, 7) is 0. The average molecular weight is 314 g/mol. The molecule has 0 radical (unpaired) electrons. The Bertz CT molecular complexity index is 658. The van der Waals surface area contributed by atoms with Gasteiger partial charge in [0.2, 0.25) is 0 Å². The summed E-state index contributed by atoms with van der Waals surface area (Å²) >= 11 is -1.51. The Morgan fingerprint density at radius 3 is 2.75 bits per heavy atom. The van der Waals surface area contributed by atoms with Crippen molar-refractivity contribution in [3.63, 3.8) is 0 Å². The van der Waals surface area contributed by atoms with Gasteiger partial charge in [0.05, 0.1) is 18.3 Å². The van der Waals surface area contributed by atoms with E-state index in [2.05, 4.69) is 4.98 Å². The third-order valence-electron chi connectivity index (χ3n) is 2.40. The van der Waals surface area contributed by atoms with E-state index in [-0.39, 0.29) is 16.4 Å². The van der Waals surface area contributed by atoms with Crippen LogP contribution in [0, 0.1) is 0 Å². The van der Waals surface area contributed by atoms with E-state index >= 15 is 0 Å². The third-order valence-corrected chi connectivity index (χ3v) is 4.01. The van der Waals surface area contributed by atoms with Gasteiger partial charge in [-0.3, -0.25) is 4.55 Å². The first-order valence-corrected chi connectivity index (χ1v) is 7.21. The van der Waals surface area contributed by atoms with Gasteiger partial charge in [-0.15, -0.1) is 11.3 Å². The topological polar surface area (TPSA) is 100.0 Å². The molecule has 106 valence electrons. The maximum absolute atomic E-state index is 11.6. The molecule has 0 saturated carbocycles. The summed E-state index contributed by atoms with van der Waals surface area (Å²) < 4.78 is 27.2. The molecule has 20 heavy (non-hydrogen) atoms. The number of thiazole rings is 1. The number of hydrogen-bond donors (Lipinski definition) is 2. The molecule has 0 fully saturated rings. The summed E-state index contributed by atoms with van der Waals surface area (Å²) in [7, 11) is 1.42. The predicted octanol–water partition coefficient (Wildman–Crippen LogP) is 2.12. The molecule has 1 atom stereocenters. The van der Waals surface area contributed by atoms with Gasteiger partial charge in [-0.2, -0.15) is 0 Å². The second-order valence-corrected chi connectivity index (χ2v) is 5.17. The molecule has 9 heteroatoms. The Kier molecular flexibility index (Phi) is 4.32. The van der Waals surface area contributed by atoms with Crippen molar-refractivity contribution in [3.8, 4) is 5.75 Å². The molecule has 0 aliphatic rings. The maximum atomic E-state index is 11.6. The number of nitrogens with zero attached hydrogens (tertiary/aromatic N) is 2. The molecule has 0 aliphatic heterocycles. The number of methoxy groups -OCH3 is 1. The zero-order chi connectivity index (χ0) is 14.7. The number of hydrogen-bond acceptors (Lipinski definition) is 5. The highest BCUT2D eigenvalue weighted by molar-refractivity contribution is 7.81. The highest BCUT2D eigenvalue weighted by atomic mass is 32.2. The van der Waals surface area contributed by atoms with Crippen molar-refractivity contribution in [1.29, 1.82) is 0 Å². The second kappa shape index (κ2) is 5.99. The van der Waals surface area contributed by atoms with Crippen LogP contribution < -0.4 is 9.04 Å². The van der Waals surface area contributed by atoms with E-state index in [4.69, 9.17) is 9.84 Å². The molecule has 7 nitrogen and oxygen atoms in total. The minimum absolute atomic E-state index is 0.0582. The number of aromatic nitrogens is 1. The molecular formula is C11H10N2O5S2. The molecule has 1 aromatic carbocycles. The first-order chi connectivity index (χ1) is 9.56. The molecule has 0 amide bonds. The van der Waals surface area contributed by atoms with Gasteiger partial charge in [0.25, 0.3) is 11.3 Å². The quantitative estimate of drug-likeness (QED) is 0.820. The average Bonchev–Trinajstić information content (AvgIpc) is 2.88. The van der Waals surface area contributed by atoms with Gasteiger partial charge in [0, 0.05) is 0 Å². The Morgan fingerprint density at radius 2 is 2.15 bits per heavy atom. The lowest BCUT2D eigenvalue weighted by Gasteiger charge is -2.20. The van der Waals surface area contributed by atoms with Crippen LogP contribution in [0.4, 0.5) is 10.7 Å². The van der Waals surface area contributed by atoms with Crippen LogP contribution in [0.5, 0.6) is 5.75 Å². The van der Waals surface area contributed by atoms with Crippen LogP contribution in [0.2, 0.25) is 0 Å². The number of anilines is 2. The Morgan fingerprint density at radius 1 is 1.45 bits per heavy atom. The van der Waals surface area contributed by atoms with Crippen LogP contribution in [0.1, 0.15) is 10.5 Å². The molecule has 1 aromatic heterocycles. The van der Waals surface area contributed by atoms with Crippen molar-refractivity contribution in [3.05, 3.63) is 35.5 Å². The highest BCUT2D eigenvalue weighted by Crippen LogP contribution is 2.38. The van der Waals surface area contributed by atoms with Gasteiger partial charge in [0.15, 0.2) is 5.69 Å². The first kappa shape index (κ1) is 14.4. The number of benzene rings is 1. The van der Waals surface area contributed by atoms with Gasteiger partial charge >= 0.3 is 5.97 Å². The molecule has 0 aliphatic carbocycles. The minimum atomic E-state index is -2.46. The number of aromatic carboxylic acids is 1. The normalized spacial score (nSPS) is 11.9. The van der Waals surface area contributed by atoms with Crippen LogP contribution >= 0.6 is 11.3 Å². The minimum Gasteiger partial charge on any atom is -0.495 e. The Labute approximate surface area is 120 Å². The zero-order valence-electron chi connectivity index (χ0n) is 10.2. The molecule has 2 rings (SSSR count). The molecule has 2 aromatic rings. The van der Waals surface area contributed by atoms with Gasteiger partial charge in [-0.1, -0.05) is 12.1 Å². The lowest BCUT2D eigenvalue weighted by atomic mass is 10.3. The predicted molar refractivity (Wildman–Crippen MR) is 75.0 cm³/mol. The van der Waals surface area contributed by atoms with Crippen LogP contribution in [-0.2, 0) is 11.3 Å². The van der Waals surface area contributed by atoms with Gasteiger partial charge < -0.3 is 9.84 Å². The van der Waals surface area contributed by atoms with Crippen molar-refractivity contribution < 1.29 is 23.4 Å². The largest absolute Gasteiger partial charge is 0.495 e. The maximum Gasteiger partial charge on any atom is 0.357 e. The second-order valence-electron chi connectivity index (χ2n) is 3.51. The lowest BCUT2D eigenvalue weighted by molar-refractivity contribution is 0.0692. The van der Waals surface area contributed by atoms with Crippen LogP contribution in [-0.4, -0.2) is 31.9 Å². The summed E-state index contributed by atoms with van der Waals surface area (Å²) in [4.78, 5) is 14.8. The number of ether oxygens (including phenoxy) is 1. The molecule has 0 bridgehead atoms. The van der Waals surface area contributed by atoms with Crippen LogP contribution in [0.15, 0.2) is 29.8 Å². The van der Waals surface area contributed by atoms with Crippen LogP contribution in [0.25, 0.3) is 0 Å². The van der Waals surface area contributed by atoms with Gasteiger partial charge in [-0.05, 0) is 12.1 Å². The fourth-order valence-corrected chi connectivity index (χ4v) is 3.16. The monoisotopic (exact) mass is 314 g/mol. The summed E-state index contributed by atoms with van der Waals surface area (Å²) in [5.41, 5.74) is 1.29. The number of carbonyl (C=O) groups is 1. The van der Waals surface area contributed by atoms with Crippen molar-refractivity contribution in [2.75, 3.05) is 11.4 Å². The lowest BCUT2D eigenvalue weighted by Crippen LogP contribution is -2.21. The number of carboxylic acids is 1. The van der Waals surface area contributed by atoms with Gasteiger partial charge in [0.1, 0.15) is 10.8 Å². The fraction of sp³-hybridized carbons (Fsp3) is 0.0909. The molecule has 0 spiro atoms. The fourth-order valence-electron chi connectivity index (χ4n) is 1.59. The van der Waals surface area contributed by atoms with Crippen LogP contribution in [0.3, 0.4) is 0 Å². The molecule has 1 unspecified atom stereocenters. The van der Waals surface area contributed by atoms with E-state index in [1.54, 1.807) is 24.3 Å². The first-order valence-electron chi connectivity index (χ1n) is 5.27. The van der Waals surface area contributed by atoms with Crippen molar-refractivity contribution in [2.24, 2.45) is 0 Å². The molecule has 2 N–H and O–H groups in total.